The van der Waals surface area contributed by atoms with Gasteiger partial charge in [0.15, 0.2) is 0 Å². The Morgan fingerprint density at radius 3 is 2.81 bits per heavy atom. The van der Waals surface area contributed by atoms with Gasteiger partial charge in [-0.2, -0.15) is 0 Å². The number of halogens is 1. The van der Waals surface area contributed by atoms with Crippen molar-refractivity contribution in [1.29, 1.82) is 0 Å². The van der Waals surface area contributed by atoms with Gasteiger partial charge in [0.1, 0.15) is 10.7 Å². The third-order valence-electron chi connectivity index (χ3n) is 5.67. The number of aromatic amines is 1. The smallest absolute Gasteiger partial charge is 0.269 e. The van der Waals surface area contributed by atoms with Crippen molar-refractivity contribution in [3.05, 3.63) is 74.4 Å². The molecule has 31 heavy (non-hydrogen) atoms. The molecule has 4 rings (SSSR count). The number of hydrogen-bond acceptors (Lipinski definition) is 5. The molecule has 1 aliphatic rings. The fraction of sp³-hybridized carbons (Fsp3) is 0.304. The highest BCUT2D eigenvalue weighted by Gasteiger charge is 2.21. The van der Waals surface area contributed by atoms with Crippen LogP contribution in [0.25, 0.3) is 16.6 Å². The Morgan fingerprint density at radius 1 is 1.32 bits per heavy atom. The van der Waals surface area contributed by atoms with Crippen LogP contribution < -0.4 is 10.9 Å². The van der Waals surface area contributed by atoms with E-state index < -0.39 is 0 Å². The largest absolute Gasteiger partial charge is 0.354 e. The summed E-state index contributed by atoms with van der Waals surface area (Å²) in [5.74, 6) is 0.127. The van der Waals surface area contributed by atoms with Crippen LogP contribution in [0.3, 0.4) is 0 Å². The van der Waals surface area contributed by atoms with Crippen molar-refractivity contribution in [1.82, 2.24) is 25.2 Å². The quantitative estimate of drug-likeness (QED) is 0.654. The molecule has 1 unspecified atom stereocenters. The molecule has 1 amide bonds. The molecular weight excluding hydrogens is 414 g/mol. The molecule has 3 aromatic heterocycles. The van der Waals surface area contributed by atoms with Crippen molar-refractivity contribution >= 4 is 34.1 Å². The Labute approximate surface area is 185 Å². The molecule has 4 heterocycles. The molecule has 3 aromatic rings. The molecule has 0 radical (unpaired) electrons. The second-order valence-electron chi connectivity index (χ2n) is 7.90. The van der Waals surface area contributed by atoms with Crippen LogP contribution in [0.4, 0.5) is 0 Å². The second kappa shape index (κ2) is 8.61. The van der Waals surface area contributed by atoms with Gasteiger partial charge >= 0.3 is 0 Å². The first-order chi connectivity index (χ1) is 14.9. The lowest BCUT2D eigenvalue weighted by Gasteiger charge is -2.31. The molecular formula is C23H24ClN5O2. The van der Waals surface area contributed by atoms with Crippen LogP contribution in [0.15, 0.2) is 41.5 Å². The summed E-state index contributed by atoms with van der Waals surface area (Å²) >= 11 is 6.04. The standard InChI is InChI=1S/C23H24ClN5O2/c1-13-11-29(7-6-17(13)16-4-5-18(26-10-16)22(30)25-3)12-15-8-19-21(27-9-15)14(2)20(24)23(31)28-19/h4-6,8-10,13H,7,11-12H2,1-3H3,(H,25,30)(H,28,31). The van der Waals surface area contributed by atoms with Crippen molar-refractivity contribution in [2.24, 2.45) is 5.92 Å². The van der Waals surface area contributed by atoms with Crippen LogP contribution in [0.2, 0.25) is 5.02 Å². The summed E-state index contributed by atoms with van der Waals surface area (Å²) in [5.41, 5.74) is 5.54. The van der Waals surface area contributed by atoms with E-state index in [-0.39, 0.29) is 16.5 Å². The monoisotopic (exact) mass is 437 g/mol. The fourth-order valence-corrected chi connectivity index (χ4v) is 4.18. The Bertz CT molecular complexity index is 1230. The molecule has 0 aliphatic carbocycles. The lowest BCUT2D eigenvalue weighted by atomic mass is 9.91. The molecule has 7 nitrogen and oxygen atoms in total. The summed E-state index contributed by atoms with van der Waals surface area (Å²) < 4.78 is 0. The van der Waals surface area contributed by atoms with Gasteiger partial charge in [0.2, 0.25) is 0 Å². The van der Waals surface area contributed by atoms with E-state index in [9.17, 15) is 9.59 Å². The molecule has 2 N–H and O–H groups in total. The van der Waals surface area contributed by atoms with Crippen LogP contribution >= 0.6 is 11.6 Å². The molecule has 0 bridgehead atoms. The summed E-state index contributed by atoms with van der Waals surface area (Å²) in [7, 11) is 1.59. The number of pyridine rings is 3. The van der Waals surface area contributed by atoms with E-state index in [2.05, 4.69) is 38.2 Å². The number of carbonyl (C=O) groups is 1. The lowest BCUT2D eigenvalue weighted by molar-refractivity contribution is 0.0958. The van der Waals surface area contributed by atoms with E-state index in [0.717, 1.165) is 36.3 Å². The predicted octanol–water partition coefficient (Wildman–Crippen LogP) is 3.17. The summed E-state index contributed by atoms with van der Waals surface area (Å²) in [6.07, 6.45) is 5.82. The van der Waals surface area contributed by atoms with E-state index in [0.29, 0.717) is 22.7 Å². The maximum Gasteiger partial charge on any atom is 0.269 e. The van der Waals surface area contributed by atoms with Gasteiger partial charge in [0.25, 0.3) is 11.5 Å². The highest BCUT2D eigenvalue weighted by Crippen LogP contribution is 2.28. The molecule has 0 aromatic carbocycles. The average Bonchev–Trinajstić information content (AvgIpc) is 2.77. The molecule has 0 spiro atoms. The Kier molecular flexibility index (Phi) is 5.89. The number of carbonyl (C=O) groups excluding carboxylic acids is 1. The van der Waals surface area contributed by atoms with Gasteiger partial charge in [0, 0.05) is 44.6 Å². The van der Waals surface area contributed by atoms with Gasteiger partial charge in [-0.25, -0.2) is 0 Å². The van der Waals surface area contributed by atoms with Crippen molar-refractivity contribution in [3.63, 3.8) is 0 Å². The van der Waals surface area contributed by atoms with Gasteiger partial charge in [0.05, 0.1) is 11.0 Å². The Balaban J connectivity index is 1.51. The lowest BCUT2D eigenvalue weighted by Crippen LogP contribution is -2.33. The minimum absolute atomic E-state index is 0.188. The number of amides is 1. The van der Waals surface area contributed by atoms with Crippen molar-refractivity contribution in [3.8, 4) is 0 Å². The number of hydrogen-bond donors (Lipinski definition) is 2. The first-order valence-electron chi connectivity index (χ1n) is 10.1. The van der Waals surface area contributed by atoms with Crippen molar-refractivity contribution in [2.75, 3.05) is 20.1 Å². The van der Waals surface area contributed by atoms with E-state index in [1.165, 1.54) is 5.57 Å². The summed E-state index contributed by atoms with van der Waals surface area (Å²) in [6.45, 7) is 6.41. The number of fused-ring (bicyclic) bond motifs is 1. The van der Waals surface area contributed by atoms with Crippen molar-refractivity contribution < 1.29 is 4.79 Å². The third-order valence-corrected chi connectivity index (χ3v) is 6.13. The van der Waals surface area contributed by atoms with Gasteiger partial charge in [-0.15, -0.1) is 0 Å². The minimum atomic E-state index is -0.291. The zero-order valence-corrected chi connectivity index (χ0v) is 18.5. The number of aryl methyl sites for hydroxylation is 1. The number of nitrogens with one attached hydrogen (secondary N) is 2. The van der Waals surface area contributed by atoms with E-state index in [1.54, 1.807) is 26.2 Å². The van der Waals surface area contributed by atoms with Gasteiger partial charge in [-0.1, -0.05) is 30.7 Å². The molecule has 0 saturated carbocycles. The minimum Gasteiger partial charge on any atom is -0.354 e. The molecule has 1 atom stereocenters. The van der Waals surface area contributed by atoms with Gasteiger partial charge in [-0.3, -0.25) is 24.5 Å². The third kappa shape index (κ3) is 4.24. The molecule has 160 valence electrons. The second-order valence-corrected chi connectivity index (χ2v) is 8.28. The first kappa shape index (κ1) is 21.2. The van der Waals surface area contributed by atoms with Crippen LogP contribution in [-0.4, -0.2) is 45.9 Å². The molecule has 8 heteroatoms. The van der Waals surface area contributed by atoms with Gasteiger partial charge < -0.3 is 10.3 Å². The Morgan fingerprint density at radius 2 is 2.13 bits per heavy atom. The predicted molar refractivity (Wildman–Crippen MR) is 122 cm³/mol. The van der Waals surface area contributed by atoms with E-state index in [1.807, 2.05) is 18.3 Å². The van der Waals surface area contributed by atoms with Crippen LogP contribution in [0, 0.1) is 12.8 Å². The highest BCUT2D eigenvalue weighted by molar-refractivity contribution is 6.31. The number of nitrogens with zero attached hydrogens (tertiary/aromatic N) is 3. The first-order valence-corrected chi connectivity index (χ1v) is 10.5. The highest BCUT2D eigenvalue weighted by atomic mass is 35.5. The van der Waals surface area contributed by atoms with E-state index in [4.69, 9.17) is 11.6 Å². The molecule has 0 saturated heterocycles. The van der Waals surface area contributed by atoms with Gasteiger partial charge in [-0.05, 0) is 41.7 Å². The van der Waals surface area contributed by atoms with E-state index >= 15 is 0 Å². The summed E-state index contributed by atoms with van der Waals surface area (Å²) in [4.78, 5) is 37.6. The van der Waals surface area contributed by atoms with Crippen molar-refractivity contribution in [2.45, 2.75) is 20.4 Å². The van der Waals surface area contributed by atoms with Crippen LogP contribution in [-0.2, 0) is 6.54 Å². The van der Waals surface area contributed by atoms with Crippen LogP contribution in [0.5, 0.6) is 0 Å². The SMILES string of the molecule is CNC(=O)c1ccc(C2=CCN(Cc3cnc4c(C)c(Cl)c(=O)[nH]c4c3)CC2C)cn1. The normalized spacial score (nSPS) is 16.9. The maximum absolute atomic E-state index is 12.0. The van der Waals surface area contributed by atoms with Crippen LogP contribution in [0.1, 0.15) is 34.1 Å². The fourth-order valence-electron chi connectivity index (χ4n) is 4.05. The zero-order valence-electron chi connectivity index (χ0n) is 17.7. The maximum atomic E-state index is 12.0. The topological polar surface area (TPSA) is 91.0 Å². The number of H-pyrrole nitrogens is 1. The number of rotatable bonds is 4. The summed E-state index contributed by atoms with van der Waals surface area (Å²) in [5, 5.41) is 2.77. The average molecular weight is 438 g/mol. The Hall–Kier alpha value is -3.03. The summed E-state index contributed by atoms with van der Waals surface area (Å²) in [6, 6.07) is 5.68. The molecule has 1 aliphatic heterocycles. The molecule has 0 fully saturated rings. The number of aromatic nitrogens is 3. The zero-order chi connectivity index (χ0) is 22.1.